The summed E-state index contributed by atoms with van der Waals surface area (Å²) in [6.45, 7) is 0.410. The molecule has 0 unspecified atom stereocenters. The number of hydrogen-bond donors (Lipinski definition) is 1. The molecule has 1 amide bonds. The zero-order valence-corrected chi connectivity index (χ0v) is 12.5. The lowest BCUT2D eigenvalue weighted by Gasteiger charge is -2.18. The van der Waals surface area contributed by atoms with Gasteiger partial charge in [-0.2, -0.15) is 0 Å². The number of amides is 1. The Balaban J connectivity index is 2.19. The second kappa shape index (κ2) is 6.05. The van der Waals surface area contributed by atoms with Crippen LogP contribution >= 0.6 is 15.9 Å². The summed E-state index contributed by atoms with van der Waals surface area (Å²) in [5, 5.41) is 0. The first-order chi connectivity index (χ1) is 9.49. The van der Waals surface area contributed by atoms with Crippen LogP contribution in [0.2, 0.25) is 0 Å². The van der Waals surface area contributed by atoms with Gasteiger partial charge in [0.15, 0.2) is 0 Å². The molecule has 0 aliphatic carbocycles. The van der Waals surface area contributed by atoms with Crippen molar-refractivity contribution in [3.8, 4) is 0 Å². The standard InChI is InChI=1S/C15H14BrFN2O/c1-19(9-10-4-2-5-11(18)8-10)15(20)12-6-3-7-13(17)14(12)16/h2-8H,9,18H2,1H3. The molecule has 5 heteroatoms. The summed E-state index contributed by atoms with van der Waals surface area (Å²) < 4.78 is 13.6. The number of carbonyl (C=O) groups is 1. The summed E-state index contributed by atoms with van der Waals surface area (Å²) in [6, 6.07) is 11.7. The van der Waals surface area contributed by atoms with E-state index in [0.717, 1.165) is 5.56 Å². The van der Waals surface area contributed by atoms with E-state index in [9.17, 15) is 9.18 Å². The van der Waals surface area contributed by atoms with Crippen LogP contribution < -0.4 is 5.73 Å². The second-order valence-electron chi connectivity index (χ2n) is 4.51. The lowest BCUT2D eigenvalue weighted by molar-refractivity contribution is 0.0783. The predicted octanol–water partition coefficient (Wildman–Crippen LogP) is 3.44. The Morgan fingerprint density at radius 1 is 1.30 bits per heavy atom. The SMILES string of the molecule is CN(Cc1cccc(N)c1)C(=O)c1cccc(F)c1Br. The molecule has 2 N–H and O–H groups in total. The van der Waals surface area contributed by atoms with Crippen molar-refractivity contribution in [1.82, 2.24) is 4.90 Å². The van der Waals surface area contributed by atoms with Gasteiger partial charge >= 0.3 is 0 Å². The van der Waals surface area contributed by atoms with E-state index < -0.39 is 5.82 Å². The Labute approximate surface area is 125 Å². The molecule has 0 radical (unpaired) electrons. The van der Waals surface area contributed by atoms with E-state index in [1.807, 2.05) is 18.2 Å². The number of nitrogen functional groups attached to an aromatic ring is 1. The van der Waals surface area contributed by atoms with E-state index in [1.165, 1.54) is 17.0 Å². The summed E-state index contributed by atoms with van der Waals surface area (Å²) in [7, 11) is 1.67. The fourth-order valence-electron chi connectivity index (χ4n) is 1.91. The van der Waals surface area contributed by atoms with Crippen molar-refractivity contribution in [2.24, 2.45) is 0 Å². The third kappa shape index (κ3) is 3.17. The van der Waals surface area contributed by atoms with Crippen molar-refractivity contribution in [2.45, 2.75) is 6.54 Å². The molecule has 2 rings (SSSR count). The third-order valence-electron chi connectivity index (χ3n) is 2.90. The van der Waals surface area contributed by atoms with Gasteiger partial charge in [0.2, 0.25) is 0 Å². The molecule has 2 aromatic carbocycles. The topological polar surface area (TPSA) is 46.3 Å². The van der Waals surface area contributed by atoms with Crippen LogP contribution in [0, 0.1) is 5.82 Å². The molecule has 0 atom stereocenters. The van der Waals surface area contributed by atoms with Crippen LogP contribution in [0.25, 0.3) is 0 Å². The first kappa shape index (κ1) is 14.5. The number of hydrogen-bond acceptors (Lipinski definition) is 2. The van der Waals surface area contributed by atoms with Crippen LogP contribution in [0.5, 0.6) is 0 Å². The van der Waals surface area contributed by atoms with E-state index in [0.29, 0.717) is 17.8 Å². The molecule has 0 bridgehead atoms. The molecule has 0 fully saturated rings. The molecule has 0 aliphatic heterocycles. The monoisotopic (exact) mass is 336 g/mol. The van der Waals surface area contributed by atoms with Crippen LogP contribution in [0.3, 0.4) is 0 Å². The van der Waals surface area contributed by atoms with Crippen LogP contribution in [0.15, 0.2) is 46.9 Å². The maximum atomic E-state index is 13.4. The highest BCUT2D eigenvalue weighted by Gasteiger charge is 2.17. The van der Waals surface area contributed by atoms with Crippen molar-refractivity contribution in [3.63, 3.8) is 0 Å². The highest BCUT2D eigenvalue weighted by atomic mass is 79.9. The van der Waals surface area contributed by atoms with Crippen molar-refractivity contribution in [3.05, 3.63) is 63.9 Å². The Morgan fingerprint density at radius 2 is 2.00 bits per heavy atom. The highest BCUT2D eigenvalue weighted by molar-refractivity contribution is 9.10. The van der Waals surface area contributed by atoms with Gasteiger partial charge in [0.05, 0.1) is 10.0 Å². The minimum absolute atomic E-state index is 0.185. The Hall–Kier alpha value is -1.88. The van der Waals surface area contributed by atoms with Gasteiger partial charge in [-0.15, -0.1) is 0 Å². The lowest BCUT2D eigenvalue weighted by Crippen LogP contribution is -2.26. The van der Waals surface area contributed by atoms with Gasteiger partial charge in [-0.1, -0.05) is 18.2 Å². The number of carbonyl (C=O) groups excluding carboxylic acids is 1. The van der Waals surface area contributed by atoms with Crippen LogP contribution in [0.4, 0.5) is 10.1 Å². The molecule has 2 aromatic rings. The molecule has 0 saturated heterocycles. The molecule has 3 nitrogen and oxygen atoms in total. The number of rotatable bonds is 3. The van der Waals surface area contributed by atoms with Crippen molar-refractivity contribution in [1.29, 1.82) is 0 Å². The molecular weight excluding hydrogens is 323 g/mol. The van der Waals surface area contributed by atoms with Gasteiger partial charge in [0.1, 0.15) is 5.82 Å². The number of anilines is 1. The number of halogens is 2. The summed E-state index contributed by atoms with van der Waals surface area (Å²) in [5.41, 5.74) is 7.58. The Bertz CT molecular complexity index is 646. The molecule has 0 aliphatic rings. The Morgan fingerprint density at radius 3 is 2.70 bits per heavy atom. The summed E-state index contributed by atoms with van der Waals surface area (Å²) >= 11 is 3.10. The first-order valence-corrected chi connectivity index (χ1v) is 6.82. The first-order valence-electron chi connectivity index (χ1n) is 6.03. The number of nitrogens with two attached hydrogens (primary N) is 1. The summed E-state index contributed by atoms with van der Waals surface area (Å²) in [4.78, 5) is 13.8. The van der Waals surface area contributed by atoms with Crippen LogP contribution in [-0.2, 0) is 6.54 Å². The van der Waals surface area contributed by atoms with Gasteiger partial charge in [-0.05, 0) is 45.8 Å². The van der Waals surface area contributed by atoms with Crippen molar-refractivity contribution >= 4 is 27.5 Å². The lowest BCUT2D eigenvalue weighted by atomic mass is 10.1. The van der Waals surface area contributed by atoms with Crippen molar-refractivity contribution < 1.29 is 9.18 Å². The zero-order valence-electron chi connectivity index (χ0n) is 10.9. The molecule has 0 spiro atoms. The van der Waals surface area contributed by atoms with Gasteiger partial charge in [0, 0.05) is 19.3 Å². The molecular formula is C15H14BrFN2O. The molecule has 0 aromatic heterocycles. The van der Waals surface area contributed by atoms with Gasteiger partial charge < -0.3 is 10.6 Å². The molecule has 20 heavy (non-hydrogen) atoms. The van der Waals surface area contributed by atoms with Gasteiger partial charge in [-0.3, -0.25) is 4.79 Å². The second-order valence-corrected chi connectivity index (χ2v) is 5.30. The van der Waals surface area contributed by atoms with Gasteiger partial charge in [-0.25, -0.2) is 4.39 Å². The molecule has 0 heterocycles. The number of nitrogens with zero attached hydrogens (tertiary/aromatic N) is 1. The highest BCUT2D eigenvalue weighted by Crippen LogP contribution is 2.22. The predicted molar refractivity (Wildman–Crippen MR) is 80.8 cm³/mol. The van der Waals surface area contributed by atoms with Gasteiger partial charge in [0.25, 0.3) is 5.91 Å². The molecule has 0 saturated carbocycles. The smallest absolute Gasteiger partial charge is 0.255 e. The van der Waals surface area contributed by atoms with E-state index in [1.54, 1.807) is 19.2 Å². The van der Waals surface area contributed by atoms with Crippen LogP contribution in [-0.4, -0.2) is 17.9 Å². The minimum atomic E-state index is -0.451. The fourth-order valence-corrected chi connectivity index (χ4v) is 2.35. The zero-order chi connectivity index (χ0) is 14.7. The quantitative estimate of drug-likeness (QED) is 0.872. The van der Waals surface area contributed by atoms with Crippen molar-refractivity contribution in [2.75, 3.05) is 12.8 Å². The average Bonchev–Trinajstić information content (AvgIpc) is 2.41. The van der Waals surface area contributed by atoms with E-state index >= 15 is 0 Å². The largest absolute Gasteiger partial charge is 0.399 e. The van der Waals surface area contributed by atoms with Crippen LogP contribution in [0.1, 0.15) is 15.9 Å². The maximum Gasteiger partial charge on any atom is 0.255 e. The minimum Gasteiger partial charge on any atom is -0.399 e. The average molecular weight is 337 g/mol. The third-order valence-corrected chi connectivity index (χ3v) is 3.71. The number of benzene rings is 2. The van der Waals surface area contributed by atoms with E-state index in [-0.39, 0.29) is 10.4 Å². The normalized spacial score (nSPS) is 10.3. The van der Waals surface area contributed by atoms with E-state index in [4.69, 9.17) is 5.73 Å². The summed E-state index contributed by atoms with van der Waals surface area (Å²) in [6.07, 6.45) is 0. The maximum absolute atomic E-state index is 13.4. The molecule has 104 valence electrons. The summed E-state index contributed by atoms with van der Waals surface area (Å²) in [5.74, 6) is -0.702. The Kier molecular flexibility index (Phi) is 4.39. The fraction of sp³-hybridized carbons (Fsp3) is 0.133. The van der Waals surface area contributed by atoms with E-state index in [2.05, 4.69) is 15.9 Å².